The Balaban J connectivity index is 2.50. The fraction of sp³-hybridized carbons (Fsp3) is 0.400. The standard InChI is InChI=1S/C15H16F3N3O2S/c1-9-10(2)24-14(21(9)6-7-23-3)20-13(22)11-8-19-5-4-12(11)15(16,17)18/h4-5,8H,6-7H2,1-3H3/b20-14-. The van der Waals surface area contributed by atoms with Gasteiger partial charge in [-0.3, -0.25) is 9.78 Å². The van der Waals surface area contributed by atoms with Crippen molar-refractivity contribution in [2.24, 2.45) is 4.99 Å². The van der Waals surface area contributed by atoms with E-state index in [0.717, 1.165) is 29.0 Å². The number of nitrogens with zero attached hydrogens (tertiary/aromatic N) is 3. The van der Waals surface area contributed by atoms with Crippen molar-refractivity contribution in [2.45, 2.75) is 26.6 Å². The summed E-state index contributed by atoms with van der Waals surface area (Å²) in [6, 6.07) is 0.770. The zero-order valence-corrected chi connectivity index (χ0v) is 14.2. The maximum Gasteiger partial charge on any atom is 0.417 e. The van der Waals surface area contributed by atoms with Crippen LogP contribution in [-0.2, 0) is 17.5 Å². The number of aromatic nitrogens is 2. The topological polar surface area (TPSA) is 56.5 Å². The molecule has 130 valence electrons. The molecule has 1 amide bonds. The number of carbonyl (C=O) groups is 1. The second-order valence-electron chi connectivity index (χ2n) is 5.01. The number of thiazole rings is 1. The maximum absolute atomic E-state index is 13.0. The molecule has 24 heavy (non-hydrogen) atoms. The molecule has 0 saturated carbocycles. The van der Waals surface area contributed by atoms with Crippen LogP contribution in [0.15, 0.2) is 23.5 Å². The van der Waals surface area contributed by atoms with Crippen LogP contribution in [0.25, 0.3) is 0 Å². The molecule has 0 N–H and O–H groups in total. The van der Waals surface area contributed by atoms with Gasteiger partial charge < -0.3 is 9.30 Å². The Labute approximate surface area is 140 Å². The summed E-state index contributed by atoms with van der Waals surface area (Å²) in [5.74, 6) is -0.970. The van der Waals surface area contributed by atoms with E-state index in [2.05, 4.69) is 9.98 Å². The van der Waals surface area contributed by atoms with Crippen LogP contribution in [0.5, 0.6) is 0 Å². The summed E-state index contributed by atoms with van der Waals surface area (Å²) < 4.78 is 45.8. The zero-order valence-electron chi connectivity index (χ0n) is 13.3. The highest BCUT2D eigenvalue weighted by atomic mass is 32.1. The van der Waals surface area contributed by atoms with Crippen molar-refractivity contribution < 1.29 is 22.7 Å². The molecule has 5 nitrogen and oxygen atoms in total. The number of methoxy groups -OCH3 is 1. The number of aryl methyl sites for hydroxylation is 1. The number of ether oxygens (including phenoxy) is 1. The van der Waals surface area contributed by atoms with E-state index in [1.807, 2.05) is 13.8 Å². The first-order valence-electron chi connectivity index (χ1n) is 7.01. The molecule has 0 unspecified atom stereocenters. The normalized spacial score (nSPS) is 12.7. The molecule has 0 atom stereocenters. The van der Waals surface area contributed by atoms with Gasteiger partial charge in [-0.2, -0.15) is 18.2 Å². The summed E-state index contributed by atoms with van der Waals surface area (Å²) in [5.41, 5.74) is -0.711. The molecule has 0 aliphatic rings. The average molecular weight is 359 g/mol. The average Bonchev–Trinajstić information content (AvgIpc) is 2.78. The van der Waals surface area contributed by atoms with Gasteiger partial charge in [-0.05, 0) is 19.9 Å². The summed E-state index contributed by atoms with van der Waals surface area (Å²) in [5, 5.41) is 0. The molecule has 2 rings (SSSR count). The third-order valence-corrected chi connectivity index (χ3v) is 4.56. The Bertz CT molecular complexity index is 809. The van der Waals surface area contributed by atoms with Crippen LogP contribution in [-0.4, -0.2) is 29.2 Å². The maximum atomic E-state index is 13.0. The highest BCUT2D eigenvalue weighted by molar-refractivity contribution is 7.09. The Morgan fingerprint density at radius 3 is 2.75 bits per heavy atom. The minimum Gasteiger partial charge on any atom is -0.383 e. The first-order chi connectivity index (χ1) is 11.3. The second-order valence-corrected chi connectivity index (χ2v) is 6.19. The van der Waals surface area contributed by atoms with Gasteiger partial charge in [-0.15, -0.1) is 11.3 Å². The Kier molecular flexibility index (Phi) is 5.55. The summed E-state index contributed by atoms with van der Waals surface area (Å²) in [7, 11) is 1.54. The van der Waals surface area contributed by atoms with Gasteiger partial charge in [-0.25, -0.2) is 0 Å². The molecule has 2 aromatic heterocycles. The largest absolute Gasteiger partial charge is 0.417 e. The van der Waals surface area contributed by atoms with Gasteiger partial charge in [0.05, 0.1) is 17.7 Å². The van der Waals surface area contributed by atoms with Gasteiger partial charge in [0, 0.05) is 36.6 Å². The summed E-state index contributed by atoms with van der Waals surface area (Å²) in [6.45, 7) is 4.57. The van der Waals surface area contributed by atoms with Gasteiger partial charge in [0.1, 0.15) is 0 Å². The number of halogens is 3. The van der Waals surface area contributed by atoms with Gasteiger partial charge in [-0.1, -0.05) is 0 Å². The van der Waals surface area contributed by atoms with E-state index in [0.29, 0.717) is 18.0 Å². The number of rotatable bonds is 4. The third-order valence-electron chi connectivity index (χ3n) is 3.46. The minimum absolute atomic E-state index is 0.337. The van der Waals surface area contributed by atoms with Gasteiger partial charge >= 0.3 is 6.18 Å². The fourth-order valence-electron chi connectivity index (χ4n) is 2.09. The minimum atomic E-state index is -4.64. The Morgan fingerprint density at radius 2 is 2.12 bits per heavy atom. The van der Waals surface area contributed by atoms with Crippen molar-refractivity contribution in [2.75, 3.05) is 13.7 Å². The van der Waals surface area contributed by atoms with Gasteiger partial charge in [0.15, 0.2) is 4.80 Å². The first kappa shape index (κ1) is 18.3. The number of amides is 1. The van der Waals surface area contributed by atoms with Crippen molar-refractivity contribution in [3.05, 3.63) is 45.0 Å². The molecule has 0 aromatic carbocycles. The molecule has 0 aliphatic carbocycles. The van der Waals surface area contributed by atoms with Crippen LogP contribution < -0.4 is 4.80 Å². The Morgan fingerprint density at radius 1 is 1.42 bits per heavy atom. The molecule has 2 heterocycles. The molecular formula is C15H16F3N3O2S. The van der Waals surface area contributed by atoms with Crippen LogP contribution in [0.3, 0.4) is 0 Å². The van der Waals surface area contributed by atoms with Crippen LogP contribution in [0.4, 0.5) is 13.2 Å². The zero-order chi connectivity index (χ0) is 17.9. The highest BCUT2D eigenvalue weighted by Crippen LogP contribution is 2.31. The molecule has 0 aliphatic heterocycles. The van der Waals surface area contributed by atoms with E-state index in [1.54, 1.807) is 11.7 Å². The summed E-state index contributed by atoms with van der Waals surface area (Å²) >= 11 is 1.25. The van der Waals surface area contributed by atoms with E-state index < -0.39 is 23.2 Å². The lowest BCUT2D eigenvalue weighted by Gasteiger charge is -2.09. The highest BCUT2D eigenvalue weighted by Gasteiger charge is 2.35. The number of hydrogen-bond donors (Lipinski definition) is 0. The molecule has 0 bridgehead atoms. The quantitative estimate of drug-likeness (QED) is 0.843. The van der Waals surface area contributed by atoms with Crippen molar-refractivity contribution >= 4 is 17.2 Å². The van der Waals surface area contributed by atoms with Crippen molar-refractivity contribution in [3.8, 4) is 0 Å². The molecule has 9 heteroatoms. The second kappa shape index (κ2) is 7.27. The lowest BCUT2D eigenvalue weighted by atomic mass is 10.1. The third kappa shape index (κ3) is 3.90. The van der Waals surface area contributed by atoms with Crippen LogP contribution >= 0.6 is 11.3 Å². The van der Waals surface area contributed by atoms with Crippen molar-refractivity contribution in [1.29, 1.82) is 0 Å². The molecular weight excluding hydrogens is 343 g/mol. The number of alkyl halides is 3. The molecule has 0 spiro atoms. The lowest BCUT2D eigenvalue weighted by molar-refractivity contribution is -0.138. The smallest absolute Gasteiger partial charge is 0.383 e. The first-order valence-corrected chi connectivity index (χ1v) is 7.83. The van der Waals surface area contributed by atoms with Crippen LogP contribution in [0.1, 0.15) is 26.5 Å². The number of carbonyl (C=O) groups excluding carboxylic acids is 1. The van der Waals surface area contributed by atoms with Gasteiger partial charge in [0.25, 0.3) is 5.91 Å². The molecule has 2 aromatic rings. The van der Waals surface area contributed by atoms with Crippen LogP contribution in [0, 0.1) is 13.8 Å². The van der Waals surface area contributed by atoms with E-state index >= 15 is 0 Å². The molecule has 0 radical (unpaired) electrons. The van der Waals surface area contributed by atoms with E-state index in [-0.39, 0.29) is 0 Å². The SMILES string of the molecule is COCCn1c(C)c(C)s/c1=N\C(=O)c1cnccc1C(F)(F)F. The fourth-order valence-corrected chi connectivity index (χ4v) is 3.09. The monoisotopic (exact) mass is 359 g/mol. The van der Waals surface area contributed by atoms with E-state index in [4.69, 9.17) is 4.74 Å². The van der Waals surface area contributed by atoms with Crippen LogP contribution in [0.2, 0.25) is 0 Å². The summed E-state index contributed by atoms with van der Waals surface area (Å²) in [4.78, 5) is 21.0. The predicted molar refractivity (Wildman–Crippen MR) is 82.8 cm³/mol. The summed E-state index contributed by atoms with van der Waals surface area (Å²) in [6.07, 6.45) is -2.75. The number of pyridine rings is 1. The Hall–Kier alpha value is -2.00. The van der Waals surface area contributed by atoms with E-state index in [9.17, 15) is 18.0 Å². The lowest BCUT2D eigenvalue weighted by Crippen LogP contribution is -2.21. The van der Waals surface area contributed by atoms with Crippen molar-refractivity contribution in [3.63, 3.8) is 0 Å². The molecule has 0 fully saturated rings. The van der Waals surface area contributed by atoms with Crippen molar-refractivity contribution in [1.82, 2.24) is 9.55 Å². The number of hydrogen-bond acceptors (Lipinski definition) is 4. The van der Waals surface area contributed by atoms with E-state index in [1.165, 1.54) is 11.3 Å². The van der Waals surface area contributed by atoms with Gasteiger partial charge in [0.2, 0.25) is 0 Å². The predicted octanol–water partition coefficient (Wildman–Crippen LogP) is 2.97. The molecule has 0 saturated heterocycles.